The molecule has 1 amide bonds. The molecular formula is C13H20NO3P. The molecule has 0 saturated heterocycles. The zero-order valence-electron chi connectivity index (χ0n) is 10.8. The van der Waals surface area contributed by atoms with Gasteiger partial charge in [-0.1, -0.05) is 12.1 Å². The first-order chi connectivity index (χ1) is 8.45. The van der Waals surface area contributed by atoms with Crippen molar-refractivity contribution in [1.82, 2.24) is 5.32 Å². The van der Waals surface area contributed by atoms with Crippen molar-refractivity contribution in [2.45, 2.75) is 20.3 Å². The molecule has 18 heavy (non-hydrogen) atoms. The molecule has 0 radical (unpaired) electrons. The second-order valence-corrected chi connectivity index (χ2v) is 5.20. The highest BCUT2D eigenvalue weighted by Gasteiger charge is 2.26. The number of amides is 1. The van der Waals surface area contributed by atoms with Crippen LogP contribution in [0.25, 0.3) is 0 Å². The molecule has 0 aromatic heterocycles. The third kappa shape index (κ3) is 4.63. The Morgan fingerprint density at radius 1 is 1.39 bits per heavy atom. The molecule has 4 nitrogen and oxygen atoms in total. The number of nitrogens with one attached hydrogen (secondary N) is 1. The van der Waals surface area contributed by atoms with Gasteiger partial charge in [-0.3, -0.25) is 4.79 Å². The number of phenols is 1. The second-order valence-electron chi connectivity index (χ2n) is 4.87. The molecule has 1 aromatic carbocycles. The summed E-state index contributed by atoms with van der Waals surface area (Å²) in [6.07, 6.45) is 0.740. The molecule has 1 rings (SSSR count). The van der Waals surface area contributed by atoms with E-state index in [9.17, 15) is 4.79 Å². The Morgan fingerprint density at radius 3 is 2.56 bits per heavy atom. The summed E-state index contributed by atoms with van der Waals surface area (Å²) in [6.45, 7) is 4.62. The number of hydrogen-bond donors (Lipinski definition) is 2. The number of carbonyl (C=O) groups excluding carboxylic acids is 1. The van der Waals surface area contributed by atoms with Crippen molar-refractivity contribution in [3.8, 4) is 5.75 Å². The van der Waals surface area contributed by atoms with Crippen LogP contribution in [0.15, 0.2) is 24.3 Å². The zero-order valence-corrected chi connectivity index (χ0v) is 11.9. The average Bonchev–Trinajstić information content (AvgIpc) is 2.31. The lowest BCUT2D eigenvalue weighted by Gasteiger charge is -2.22. The second kappa shape index (κ2) is 6.72. The van der Waals surface area contributed by atoms with Crippen LogP contribution in [-0.4, -0.2) is 24.2 Å². The van der Waals surface area contributed by atoms with Gasteiger partial charge in [-0.15, -0.1) is 0 Å². The minimum Gasteiger partial charge on any atom is -0.508 e. The maximum Gasteiger partial charge on any atom is 0.228 e. The van der Waals surface area contributed by atoms with E-state index < -0.39 is 5.41 Å². The molecule has 0 fully saturated rings. The lowest BCUT2D eigenvalue weighted by atomic mass is 9.94. The van der Waals surface area contributed by atoms with Crippen molar-refractivity contribution in [2.75, 3.05) is 13.2 Å². The number of aromatic hydroxyl groups is 1. The molecular weight excluding hydrogens is 249 g/mol. The summed E-state index contributed by atoms with van der Waals surface area (Å²) in [4.78, 5) is 11.9. The average molecular weight is 269 g/mol. The van der Waals surface area contributed by atoms with Crippen molar-refractivity contribution >= 4 is 15.4 Å². The van der Waals surface area contributed by atoms with Crippen molar-refractivity contribution in [1.29, 1.82) is 0 Å². The van der Waals surface area contributed by atoms with Gasteiger partial charge in [0.25, 0.3) is 0 Å². The van der Waals surface area contributed by atoms with E-state index in [0.29, 0.717) is 13.2 Å². The zero-order chi connectivity index (χ0) is 13.6. The molecule has 0 saturated carbocycles. The lowest BCUT2D eigenvalue weighted by molar-refractivity contribution is -0.130. The van der Waals surface area contributed by atoms with E-state index in [0.717, 1.165) is 12.0 Å². The summed E-state index contributed by atoms with van der Waals surface area (Å²) in [5.74, 6) is 0.227. The Kier molecular flexibility index (Phi) is 5.57. The molecule has 0 aliphatic heterocycles. The summed E-state index contributed by atoms with van der Waals surface area (Å²) in [5, 5.41) is 12.0. The Bertz CT molecular complexity index is 390. The molecule has 1 atom stereocenters. The van der Waals surface area contributed by atoms with Crippen LogP contribution in [0.3, 0.4) is 0 Å². The number of hydrogen-bond acceptors (Lipinski definition) is 3. The van der Waals surface area contributed by atoms with Crippen LogP contribution in [0.5, 0.6) is 5.75 Å². The SMILES string of the molecule is CC(C)(COP)C(=O)NCCc1ccc(O)cc1. The van der Waals surface area contributed by atoms with Gasteiger partial charge in [0, 0.05) is 16.0 Å². The summed E-state index contributed by atoms with van der Waals surface area (Å²) in [6, 6.07) is 6.98. The van der Waals surface area contributed by atoms with Crippen LogP contribution in [0.1, 0.15) is 19.4 Å². The number of carbonyl (C=O) groups is 1. The van der Waals surface area contributed by atoms with Crippen molar-refractivity contribution in [2.24, 2.45) is 5.41 Å². The van der Waals surface area contributed by atoms with E-state index in [1.807, 2.05) is 26.0 Å². The van der Waals surface area contributed by atoms with E-state index >= 15 is 0 Å². The van der Waals surface area contributed by atoms with Crippen molar-refractivity contribution < 1.29 is 14.4 Å². The molecule has 0 aliphatic carbocycles. The van der Waals surface area contributed by atoms with Gasteiger partial charge in [0.1, 0.15) is 5.75 Å². The molecule has 5 heteroatoms. The van der Waals surface area contributed by atoms with Crippen LogP contribution in [-0.2, 0) is 15.7 Å². The Labute approximate surface area is 110 Å². The number of benzene rings is 1. The topological polar surface area (TPSA) is 58.6 Å². The van der Waals surface area contributed by atoms with Gasteiger partial charge >= 0.3 is 0 Å². The first-order valence-corrected chi connectivity index (χ1v) is 6.31. The quantitative estimate of drug-likeness (QED) is 0.775. The smallest absolute Gasteiger partial charge is 0.228 e. The predicted octanol–water partition coefficient (Wildman–Crippen LogP) is 1.88. The van der Waals surface area contributed by atoms with Crippen LogP contribution < -0.4 is 5.32 Å². The minimum absolute atomic E-state index is 0.0243. The van der Waals surface area contributed by atoms with Gasteiger partial charge in [-0.25, -0.2) is 0 Å². The maximum absolute atomic E-state index is 11.9. The third-order valence-corrected chi connectivity index (χ3v) is 2.86. The van der Waals surface area contributed by atoms with Gasteiger partial charge < -0.3 is 14.9 Å². The Hall–Kier alpha value is -1.12. The van der Waals surface area contributed by atoms with E-state index in [2.05, 4.69) is 14.8 Å². The van der Waals surface area contributed by atoms with E-state index in [1.165, 1.54) is 0 Å². The highest BCUT2D eigenvalue weighted by atomic mass is 31.0. The molecule has 0 heterocycles. The first-order valence-electron chi connectivity index (χ1n) is 5.83. The van der Waals surface area contributed by atoms with Crippen LogP contribution in [0.2, 0.25) is 0 Å². The van der Waals surface area contributed by atoms with Gasteiger partial charge in [0.2, 0.25) is 5.91 Å². The third-order valence-electron chi connectivity index (χ3n) is 2.69. The fourth-order valence-electron chi connectivity index (χ4n) is 1.50. The summed E-state index contributed by atoms with van der Waals surface area (Å²) in [7, 11) is 2.15. The molecule has 1 unspecified atom stereocenters. The molecule has 1 aromatic rings. The van der Waals surface area contributed by atoms with Gasteiger partial charge in [0.05, 0.1) is 12.0 Å². The molecule has 2 N–H and O–H groups in total. The standard InChI is InChI=1S/C13H20NO3P/c1-13(2,9-17-18)12(16)14-8-7-10-3-5-11(15)6-4-10/h3-6,15H,7-9,18H2,1-2H3,(H,14,16). The van der Waals surface area contributed by atoms with Gasteiger partial charge in [0.15, 0.2) is 0 Å². The molecule has 0 bridgehead atoms. The fraction of sp³-hybridized carbons (Fsp3) is 0.462. The van der Waals surface area contributed by atoms with Crippen LogP contribution in [0, 0.1) is 5.41 Å². The van der Waals surface area contributed by atoms with Crippen molar-refractivity contribution in [3.05, 3.63) is 29.8 Å². The first kappa shape index (κ1) is 14.9. The Balaban J connectivity index is 2.37. The molecule has 0 aliphatic rings. The highest BCUT2D eigenvalue weighted by molar-refractivity contribution is 7.09. The molecule has 100 valence electrons. The maximum atomic E-state index is 11.9. The van der Waals surface area contributed by atoms with Crippen molar-refractivity contribution in [3.63, 3.8) is 0 Å². The normalized spacial score (nSPS) is 11.3. The summed E-state index contributed by atoms with van der Waals surface area (Å²) in [5.41, 5.74) is 0.546. The van der Waals surface area contributed by atoms with Gasteiger partial charge in [-0.05, 0) is 38.0 Å². The summed E-state index contributed by atoms with van der Waals surface area (Å²) < 4.78 is 4.93. The van der Waals surface area contributed by atoms with Gasteiger partial charge in [-0.2, -0.15) is 0 Å². The minimum atomic E-state index is -0.531. The van der Waals surface area contributed by atoms with E-state index in [4.69, 9.17) is 9.63 Å². The molecule has 0 spiro atoms. The fourth-order valence-corrected chi connectivity index (χ4v) is 1.91. The predicted molar refractivity (Wildman–Crippen MR) is 74.3 cm³/mol. The lowest BCUT2D eigenvalue weighted by Crippen LogP contribution is -2.40. The monoisotopic (exact) mass is 269 g/mol. The van der Waals surface area contributed by atoms with E-state index in [1.54, 1.807) is 12.1 Å². The highest BCUT2D eigenvalue weighted by Crippen LogP contribution is 2.17. The Morgan fingerprint density at radius 2 is 2.00 bits per heavy atom. The van der Waals surface area contributed by atoms with Crippen LogP contribution >= 0.6 is 9.47 Å². The largest absolute Gasteiger partial charge is 0.508 e. The van der Waals surface area contributed by atoms with E-state index in [-0.39, 0.29) is 11.7 Å². The number of rotatable bonds is 6. The summed E-state index contributed by atoms with van der Waals surface area (Å²) >= 11 is 0. The number of phenolic OH excluding ortho intramolecular Hbond substituents is 1. The van der Waals surface area contributed by atoms with Crippen LogP contribution in [0.4, 0.5) is 0 Å².